The average molecular weight is 357 g/mol. The second-order valence-electron chi connectivity index (χ2n) is 6.66. The maximum Gasteiger partial charge on any atom is 0.183 e. The lowest BCUT2D eigenvalue weighted by molar-refractivity contribution is -0.182. The Kier molecular flexibility index (Phi) is 4.20. The molecule has 0 amide bonds. The lowest BCUT2D eigenvalue weighted by Gasteiger charge is -2.23. The van der Waals surface area contributed by atoms with Gasteiger partial charge in [0.1, 0.15) is 5.52 Å². The molecule has 0 spiro atoms. The van der Waals surface area contributed by atoms with E-state index in [9.17, 15) is 0 Å². The molecule has 4 aromatic rings. The Morgan fingerprint density at radius 2 is 1.44 bits per heavy atom. The summed E-state index contributed by atoms with van der Waals surface area (Å²) in [5.74, 6) is 0.766. The first kappa shape index (κ1) is 16.2. The number of nitrogens with zero attached hydrogens (tertiary/aromatic N) is 1. The molecule has 4 heteroatoms. The summed E-state index contributed by atoms with van der Waals surface area (Å²) in [5, 5.41) is 5.18. The first-order valence-corrected chi connectivity index (χ1v) is 9.17. The molecule has 5 rings (SSSR count). The monoisotopic (exact) mass is 357 g/mol. The fraction of sp³-hybridized carbons (Fsp3) is 0.174. The standard InChI is InChI=1S/C23H19NO3/c1-2-5-16(6-3-1)17-7-9-18(10-8-17)22-20-15-19(11-12-21(20)24-27-22)23-25-13-4-14-26-23/h1-3,5-12,15,23H,4,13-14H2. The van der Waals surface area contributed by atoms with Gasteiger partial charge in [-0.25, -0.2) is 0 Å². The average Bonchev–Trinajstić information content (AvgIpc) is 3.18. The molecular formula is C23H19NO3. The van der Waals surface area contributed by atoms with E-state index in [1.807, 2.05) is 30.3 Å². The summed E-state index contributed by atoms with van der Waals surface area (Å²) in [7, 11) is 0. The van der Waals surface area contributed by atoms with Crippen molar-refractivity contribution in [1.29, 1.82) is 0 Å². The van der Waals surface area contributed by atoms with Crippen molar-refractivity contribution in [3.63, 3.8) is 0 Å². The summed E-state index contributed by atoms with van der Waals surface area (Å²) >= 11 is 0. The van der Waals surface area contributed by atoms with Gasteiger partial charge < -0.3 is 14.0 Å². The highest BCUT2D eigenvalue weighted by Gasteiger charge is 2.19. The van der Waals surface area contributed by atoms with Crippen LogP contribution in [0.25, 0.3) is 33.4 Å². The lowest BCUT2D eigenvalue weighted by atomic mass is 10.0. The molecule has 2 heterocycles. The number of ether oxygens (including phenoxy) is 2. The summed E-state index contributed by atoms with van der Waals surface area (Å²) in [6.07, 6.45) is 0.622. The van der Waals surface area contributed by atoms with Gasteiger partial charge >= 0.3 is 0 Å². The molecule has 1 saturated heterocycles. The zero-order chi connectivity index (χ0) is 18.1. The minimum Gasteiger partial charge on any atom is -0.355 e. The first-order valence-electron chi connectivity index (χ1n) is 9.17. The smallest absolute Gasteiger partial charge is 0.183 e. The highest BCUT2D eigenvalue weighted by atomic mass is 16.7. The molecule has 0 aliphatic carbocycles. The normalized spacial score (nSPS) is 15.3. The molecule has 0 atom stereocenters. The minimum absolute atomic E-state index is 0.314. The van der Waals surface area contributed by atoms with Gasteiger partial charge in [0.25, 0.3) is 0 Å². The fourth-order valence-corrected chi connectivity index (χ4v) is 3.44. The van der Waals surface area contributed by atoms with E-state index >= 15 is 0 Å². The van der Waals surface area contributed by atoms with Crippen LogP contribution in [0.15, 0.2) is 77.3 Å². The van der Waals surface area contributed by atoms with Crippen molar-refractivity contribution in [2.75, 3.05) is 13.2 Å². The zero-order valence-electron chi connectivity index (χ0n) is 14.8. The van der Waals surface area contributed by atoms with E-state index in [1.165, 1.54) is 11.1 Å². The first-order chi connectivity index (χ1) is 13.4. The SMILES string of the molecule is c1ccc(-c2ccc(-c3onc4ccc(C5OCCCO5)cc34)cc2)cc1. The van der Waals surface area contributed by atoms with E-state index in [0.29, 0.717) is 0 Å². The number of hydrogen-bond donors (Lipinski definition) is 0. The molecule has 27 heavy (non-hydrogen) atoms. The molecule has 1 aromatic heterocycles. The van der Waals surface area contributed by atoms with Gasteiger partial charge in [0.2, 0.25) is 0 Å². The highest BCUT2D eigenvalue weighted by Crippen LogP contribution is 2.33. The summed E-state index contributed by atoms with van der Waals surface area (Å²) < 4.78 is 17.1. The quantitative estimate of drug-likeness (QED) is 0.479. The predicted molar refractivity (Wildman–Crippen MR) is 104 cm³/mol. The van der Waals surface area contributed by atoms with E-state index in [-0.39, 0.29) is 6.29 Å². The molecule has 1 aliphatic heterocycles. The van der Waals surface area contributed by atoms with Crippen molar-refractivity contribution in [3.8, 4) is 22.5 Å². The van der Waals surface area contributed by atoms with Gasteiger partial charge in [-0.1, -0.05) is 65.8 Å². The molecular weight excluding hydrogens is 338 g/mol. The summed E-state index contributed by atoms with van der Waals surface area (Å²) in [6.45, 7) is 1.44. The summed E-state index contributed by atoms with van der Waals surface area (Å²) in [4.78, 5) is 0. The van der Waals surface area contributed by atoms with Crippen LogP contribution in [0, 0.1) is 0 Å². The van der Waals surface area contributed by atoms with Crippen molar-refractivity contribution >= 4 is 10.9 Å². The molecule has 3 aromatic carbocycles. The minimum atomic E-state index is -0.314. The van der Waals surface area contributed by atoms with E-state index in [2.05, 4.69) is 47.6 Å². The van der Waals surface area contributed by atoms with Crippen LogP contribution in [0.4, 0.5) is 0 Å². The third-order valence-electron chi connectivity index (χ3n) is 4.85. The Balaban J connectivity index is 1.50. The Labute approximate surface area is 157 Å². The molecule has 0 N–H and O–H groups in total. The van der Waals surface area contributed by atoms with Gasteiger partial charge in [-0.3, -0.25) is 0 Å². The van der Waals surface area contributed by atoms with Gasteiger partial charge in [-0.05, 0) is 29.7 Å². The van der Waals surface area contributed by atoms with Gasteiger partial charge in [-0.2, -0.15) is 0 Å². The molecule has 0 unspecified atom stereocenters. The maximum absolute atomic E-state index is 5.73. The van der Waals surface area contributed by atoms with Crippen molar-refractivity contribution in [3.05, 3.63) is 78.4 Å². The fourth-order valence-electron chi connectivity index (χ4n) is 3.44. The largest absolute Gasteiger partial charge is 0.355 e. The summed E-state index contributed by atoms with van der Waals surface area (Å²) in [5.41, 5.74) is 5.19. The summed E-state index contributed by atoms with van der Waals surface area (Å²) in [6, 6.07) is 24.7. The van der Waals surface area contributed by atoms with Gasteiger partial charge in [0.15, 0.2) is 12.1 Å². The predicted octanol–water partition coefficient (Wildman–Crippen LogP) is 5.60. The van der Waals surface area contributed by atoms with Crippen molar-refractivity contribution in [1.82, 2.24) is 5.16 Å². The van der Waals surface area contributed by atoms with Crippen LogP contribution in [-0.4, -0.2) is 18.4 Å². The van der Waals surface area contributed by atoms with E-state index in [1.54, 1.807) is 0 Å². The highest BCUT2D eigenvalue weighted by molar-refractivity contribution is 5.92. The molecule has 1 fully saturated rings. The number of fused-ring (bicyclic) bond motifs is 1. The van der Waals surface area contributed by atoms with Gasteiger partial charge in [-0.15, -0.1) is 0 Å². The van der Waals surface area contributed by atoms with E-state index in [4.69, 9.17) is 14.0 Å². The third-order valence-corrected chi connectivity index (χ3v) is 4.85. The molecule has 4 nitrogen and oxygen atoms in total. The van der Waals surface area contributed by atoms with Crippen LogP contribution in [0.3, 0.4) is 0 Å². The van der Waals surface area contributed by atoms with Crippen molar-refractivity contribution < 1.29 is 14.0 Å². The second kappa shape index (κ2) is 6.99. The van der Waals surface area contributed by atoms with Crippen LogP contribution >= 0.6 is 0 Å². The van der Waals surface area contributed by atoms with Crippen LogP contribution in [0.2, 0.25) is 0 Å². The van der Waals surface area contributed by atoms with Gasteiger partial charge in [0.05, 0.1) is 18.6 Å². The molecule has 0 bridgehead atoms. The Bertz CT molecular complexity index is 1050. The lowest BCUT2D eigenvalue weighted by Crippen LogP contribution is -2.17. The third kappa shape index (κ3) is 3.14. The molecule has 0 saturated carbocycles. The molecule has 1 aliphatic rings. The van der Waals surface area contributed by atoms with E-state index < -0.39 is 0 Å². The van der Waals surface area contributed by atoms with Gasteiger partial charge in [0, 0.05) is 11.1 Å². The van der Waals surface area contributed by atoms with Crippen molar-refractivity contribution in [2.45, 2.75) is 12.7 Å². The number of aromatic nitrogens is 1. The Morgan fingerprint density at radius 1 is 0.741 bits per heavy atom. The molecule has 134 valence electrons. The van der Waals surface area contributed by atoms with Crippen LogP contribution in [0.1, 0.15) is 18.3 Å². The maximum atomic E-state index is 5.73. The van der Waals surface area contributed by atoms with E-state index in [0.717, 1.165) is 47.4 Å². The topological polar surface area (TPSA) is 44.5 Å². The molecule has 0 radical (unpaired) electrons. The zero-order valence-corrected chi connectivity index (χ0v) is 14.8. The number of hydrogen-bond acceptors (Lipinski definition) is 4. The van der Waals surface area contributed by atoms with Crippen LogP contribution in [-0.2, 0) is 9.47 Å². The number of rotatable bonds is 3. The van der Waals surface area contributed by atoms with Crippen molar-refractivity contribution in [2.24, 2.45) is 0 Å². The Morgan fingerprint density at radius 3 is 2.22 bits per heavy atom. The van der Waals surface area contributed by atoms with Crippen LogP contribution in [0.5, 0.6) is 0 Å². The Hall–Kier alpha value is -2.95. The second-order valence-corrected chi connectivity index (χ2v) is 6.66. The number of benzene rings is 3. The van der Waals surface area contributed by atoms with Crippen LogP contribution < -0.4 is 0 Å².